The second-order valence-electron chi connectivity index (χ2n) is 8.09. The normalized spacial score (nSPS) is 15.4. The maximum atomic E-state index is 12.7. The number of nitrogens with zero attached hydrogens (tertiary/aromatic N) is 4. The molecular formula is C22H29N5O2S2. The molecule has 1 atom stereocenters. The summed E-state index contributed by atoms with van der Waals surface area (Å²) in [5.74, 6) is 2.33. The minimum Gasteiger partial charge on any atom is -0.467 e. The molecule has 1 amide bonds. The lowest BCUT2D eigenvalue weighted by Crippen LogP contribution is -2.33. The molecule has 0 spiro atoms. The van der Waals surface area contributed by atoms with Crippen molar-refractivity contribution >= 4 is 35.0 Å². The molecule has 1 aliphatic rings. The Balaban J connectivity index is 1.45. The molecule has 1 fully saturated rings. The molecular weight excluding hydrogens is 430 g/mol. The van der Waals surface area contributed by atoms with Gasteiger partial charge in [0.1, 0.15) is 5.76 Å². The molecule has 1 saturated heterocycles. The van der Waals surface area contributed by atoms with Gasteiger partial charge in [0.05, 0.1) is 24.6 Å². The van der Waals surface area contributed by atoms with Gasteiger partial charge < -0.3 is 14.6 Å². The third-order valence-corrected chi connectivity index (χ3v) is 7.32. The van der Waals surface area contributed by atoms with Gasteiger partial charge in [-0.25, -0.2) is 0 Å². The molecule has 4 rings (SSSR count). The molecule has 166 valence electrons. The average Bonchev–Trinajstić information content (AvgIpc) is 3.54. The fourth-order valence-electron chi connectivity index (χ4n) is 3.79. The maximum absolute atomic E-state index is 12.7. The minimum absolute atomic E-state index is 0.00386. The number of hydrogen-bond donors (Lipinski definition) is 1. The van der Waals surface area contributed by atoms with Crippen molar-refractivity contribution < 1.29 is 9.21 Å². The van der Waals surface area contributed by atoms with Crippen LogP contribution in [0.2, 0.25) is 0 Å². The van der Waals surface area contributed by atoms with E-state index in [-0.39, 0.29) is 11.9 Å². The van der Waals surface area contributed by atoms with E-state index in [1.165, 1.54) is 23.1 Å². The summed E-state index contributed by atoms with van der Waals surface area (Å²) >= 11 is 3.10. The standard InChI is InChI=1S/C22H29N5O2S2/c1-16(2)20(18-9-7-13-30-18)23-19(28)15-31-22-25-24-21(26-10-4-3-5-11-26)27(22)14-17-8-6-12-29-17/h6-9,12-13,16,20H,3-5,10-11,14-15H2,1-2H3,(H,23,28). The van der Waals surface area contributed by atoms with Crippen LogP contribution in [0.5, 0.6) is 0 Å². The SMILES string of the molecule is CC(C)C(NC(=O)CSc1nnc(N2CCCCC2)n1Cc1ccco1)c1cccs1. The Hall–Kier alpha value is -2.26. The van der Waals surface area contributed by atoms with E-state index in [0.29, 0.717) is 18.2 Å². The summed E-state index contributed by atoms with van der Waals surface area (Å²) in [5.41, 5.74) is 0. The molecule has 7 nitrogen and oxygen atoms in total. The number of aromatic nitrogens is 3. The van der Waals surface area contributed by atoms with Crippen molar-refractivity contribution in [1.29, 1.82) is 0 Å². The van der Waals surface area contributed by atoms with Crippen LogP contribution in [0.25, 0.3) is 0 Å². The Morgan fingerprint density at radius 2 is 2.06 bits per heavy atom. The average molecular weight is 460 g/mol. The molecule has 3 aromatic rings. The second kappa shape index (κ2) is 10.4. The van der Waals surface area contributed by atoms with Crippen LogP contribution < -0.4 is 10.2 Å². The van der Waals surface area contributed by atoms with E-state index < -0.39 is 0 Å². The number of furan rings is 1. The van der Waals surface area contributed by atoms with Gasteiger partial charge in [-0.1, -0.05) is 31.7 Å². The first-order valence-corrected chi connectivity index (χ1v) is 12.6. The third kappa shape index (κ3) is 5.51. The van der Waals surface area contributed by atoms with Crippen LogP contribution in [0, 0.1) is 5.92 Å². The first-order chi connectivity index (χ1) is 15.1. The number of hydrogen-bond acceptors (Lipinski definition) is 7. The number of carbonyl (C=O) groups is 1. The highest BCUT2D eigenvalue weighted by molar-refractivity contribution is 7.99. The van der Waals surface area contributed by atoms with Crippen molar-refractivity contribution in [2.24, 2.45) is 5.92 Å². The first kappa shape index (κ1) is 22.0. The Morgan fingerprint density at radius 3 is 2.74 bits per heavy atom. The molecule has 0 bridgehead atoms. The summed E-state index contributed by atoms with van der Waals surface area (Å²) in [5, 5.41) is 14.9. The van der Waals surface area contributed by atoms with E-state index in [1.54, 1.807) is 17.6 Å². The number of thiophene rings is 1. The predicted octanol–water partition coefficient (Wildman–Crippen LogP) is 4.58. The fraction of sp³-hybridized carbons (Fsp3) is 0.500. The second-order valence-corrected chi connectivity index (χ2v) is 10.0. The van der Waals surface area contributed by atoms with Gasteiger partial charge in [0, 0.05) is 18.0 Å². The Labute approximate surface area is 191 Å². The third-order valence-electron chi connectivity index (χ3n) is 5.40. The molecule has 3 aromatic heterocycles. The van der Waals surface area contributed by atoms with Crippen molar-refractivity contribution in [2.75, 3.05) is 23.7 Å². The lowest BCUT2D eigenvalue weighted by atomic mass is 10.0. The van der Waals surface area contributed by atoms with Crippen molar-refractivity contribution in [3.05, 3.63) is 46.5 Å². The highest BCUT2D eigenvalue weighted by atomic mass is 32.2. The zero-order valence-electron chi connectivity index (χ0n) is 18.0. The van der Waals surface area contributed by atoms with Crippen molar-refractivity contribution in [2.45, 2.75) is 50.9 Å². The monoisotopic (exact) mass is 459 g/mol. The highest BCUT2D eigenvalue weighted by Crippen LogP contribution is 2.28. The molecule has 0 radical (unpaired) electrons. The zero-order valence-corrected chi connectivity index (χ0v) is 19.6. The first-order valence-electron chi connectivity index (χ1n) is 10.8. The number of anilines is 1. The van der Waals surface area contributed by atoms with E-state index in [0.717, 1.165) is 42.8 Å². The van der Waals surface area contributed by atoms with E-state index in [4.69, 9.17) is 4.42 Å². The smallest absolute Gasteiger partial charge is 0.230 e. The van der Waals surface area contributed by atoms with Crippen LogP contribution in [0.15, 0.2) is 45.5 Å². The van der Waals surface area contributed by atoms with E-state index in [1.807, 2.05) is 23.6 Å². The number of piperidine rings is 1. The number of rotatable bonds is 9. The van der Waals surface area contributed by atoms with Gasteiger partial charge in [0.2, 0.25) is 11.9 Å². The van der Waals surface area contributed by atoms with Crippen molar-refractivity contribution in [3.63, 3.8) is 0 Å². The molecule has 1 unspecified atom stereocenters. The van der Waals surface area contributed by atoms with Gasteiger partial charge in [-0.15, -0.1) is 21.5 Å². The van der Waals surface area contributed by atoms with Crippen LogP contribution in [-0.4, -0.2) is 39.5 Å². The summed E-state index contributed by atoms with van der Waals surface area (Å²) in [6.45, 7) is 6.78. The minimum atomic E-state index is 0.00386. The van der Waals surface area contributed by atoms with Gasteiger partial charge in [-0.3, -0.25) is 9.36 Å². The molecule has 9 heteroatoms. The van der Waals surface area contributed by atoms with Gasteiger partial charge in [0.15, 0.2) is 5.16 Å². The van der Waals surface area contributed by atoms with Crippen LogP contribution in [0.1, 0.15) is 49.8 Å². The van der Waals surface area contributed by atoms with E-state index in [2.05, 4.69) is 44.9 Å². The topological polar surface area (TPSA) is 76.2 Å². The molecule has 31 heavy (non-hydrogen) atoms. The summed E-state index contributed by atoms with van der Waals surface area (Å²) < 4.78 is 7.64. The number of amides is 1. The van der Waals surface area contributed by atoms with Gasteiger partial charge >= 0.3 is 0 Å². The summed E-state index contributed by atoms with van der Waals surface area (Å²) in [6, 6.07) is 7.97. The molecule has 0 aromatic carbocycles. The Morgan fingerprint density at radius 1 is 1.23 bits per heavy atom. The number of carbonyl (C=O) groups excluding carboxylic acids is 1. The van der Waals surface area contributed by atoms with Crippen LogP contribution in [0.4, 0.5) is 5.95 Å². The molecule has 1 N–H and O–H groups in total. The summed E-state index contributed by atoms with van der Waals surface area (Å²) in [4.78, 5) is 16.2. The summed E-state index contributed by atoms with van der Waals surface area (Å²) in [6.07, 6.45) is 5.26. The highest BCUT2D eigenvalue weighted by Gasteiger charge is 2.23. The van der Waals surface area contributed by atoms with Crippen LogP contribution in [0.3, 0.4) is 0 Å². The molecule has 0 aliphatic carbocycles. The van der Waals surface area contributed by atoms with Gasteiger partial charge in [-0.2, -0.15) is 0 Å². The van der Waals surface area contributed by atoms with Crippen molar-refractivity contribution in [1.82, 2.24) is 20.1 Å². The lowest BCUT2D eigenvalue weighted by Gasteiger charge is -2.27. The molecule has 1 aliphatic heterocycles. The number of nitrogens with one attached hydrogen (secondary N) is 1. The van der Waals surface area contributed by atoms with Gasteiger partial charge in [0.25, 0.3) is 0 Å². The van der Waals surface area contributed by atoms with Crippen LogP contribution >= 0.6 is 23.1 Å². The van der Waals surface area contributed by atoms with Crippen molar-refractivity contribution in [3.8, 4) is 0 Å². The Kier molecular flexibility index (Phi) is 7.34. The zero-order chi connectivity index (χ0) is 21.6. The van der Waals surface area contributed by atoms with E-state index in [9.17, 15) is 4.79 Å². The largest absolute Gasteiger partial charge is 0.467 e. The number of thioether (sulfide) groups is 1. The summed E-state index contributed by atoms with van der Waals surface area (Å²) in [7, 11) is 0. The predicted molar refractivity (Wildman–Crippen MR) is 125 cm³/mol. The quantitative estimate of drug-likeness (QED) is 0.472. The molecule has 4 heterocycles. The Bertz CT molecular complexity index is 947. The van der Waals surface area contributed by atoms with Crippen LogP contribution in [-0.2, 0) is 11.3 Å². The fourth-order valence-corrected chi connectivity index (χ4v) is 5.49. The maximum Gasteiger partial charge on any atom is 0.230 e. The van der Waals surface area contributed by atoms with E-state index >= 15 is 0 Å². The lowest BCUT2D eigenvalue weighted by molar-refractivity contribution is -0.119. The van der Waals surface area contributed by atoms with Gasteiger partial charge in [-0.05, 0) is 48.8 Å². The molecule has 0 saturated carbocycles.